The summed E-state index contributed by atoms with van der Waals surface area (Å²) in [5.74, 6) is -143. The van der Waals surface area contributed by atoms with E-state index < -0.39 is 289 Å². The van der Waals surface area contributed by atoms with Crippen molar-refractivity contribution in [2.45, 2.75) is 0 Å². The number of hydrogen-bond acceptors (Lipinski definition) is 6. The van der Waals surface area contributed by atoms with Gasteiger partial charge in [-0.25, -0.2) is 176 Å². The molecule has 6 nitrogen and oxygen atoms in total. The zero-order chi connectivity index (χ0) is 93.4. The van der Waals surface area contributed by atoms with Crippen LogP contribution in [0.25, 0.3) is 34.2 Å². The molecule has 0 radical (unpaired) electrons. The van der Waals surface area contributed by atoms with Crippen LogP contribution in [0.15, 0.2) is 146 Å². The van der Waals surface area contributed by atoms with Crippen LogP contribution in [-0.4, -0.2) is 42.2 Å². The molecule has 0 atom stereocenters. The van der Waals surface area contributed by atoms with Crippen molar-refractivity contribution in [1.29, 1.82) is 0 Å². The number of hydrogen-bond donors (Lipinski definition) is 0. The number of nitrogens with zero attached hydrogens (tertiary/aromatic N) is 6. The van der Waals surface area contributed by atoms with E-state index in [0.717, 1.165) is 34.2 Å². The number of halogens is 40. The van der Waals surface area contributed by atoms with E-state index in [4.69, 9.17) is 0 Å². The van der Waals surface area contributed by atoms with Crippen LogP contribution < -0.4 is 43.7 Å². The van der Waals surface area contributed by atoms with Crippen molar-refractivity contribution < 1.29 is 195 Å². The van der Waals surface area contributed by atoms with Crippen LogP contribution in [-0.2, 0) is 19.5 Å². The molecule has 0 unspecified atom stereocenters. The van der Waals surface area contributed by atoms with Crippen molar-refractivity contribution in [2.75, 3.05) is 0 Å². The van der Waals surface area contributed by atoms with E-state index in [1.807, 2.05) is 109 Å². The van der Waals surface area contributed by atoms with E-state index in [-0.39, 0.29) is 19.5 Å². The van der Waals surface area contributed by atoms with E-state index >= 15 is 70.2 Å². The molecule has 0 N–H and O–H groups in total. The minimum absolute atomic E-state index is 0. The van der Waals surface area contributed by atoms with Crippen molar-refractivity contribution in [3.63, 3.8) is 0 Å². The Morgan fingerprint density at radius 2 is 0.197 bits per heavy atom. The maximum Gasteiger partial charge on any atom is 2.00 e. The largest absolute Gasteiger partial charge is 2.00 e. The topological polar surface area (TPSA) is 77.3 Å². The normalized spacial score (nSPS) is 11.2. The maximum atomic E-state index is 15.4. The van der Waals surface area contributed by atoms with Crippen LogP contribution in [0.2, 0.25) is 0 Å². The molecule has 127 heavy (non-hydrogen) atoms. The molecule has 660 valence electrons. The Hall–Kier alpha value is -13.4. The summed E-state index contributed by atoms with van der Waals surface area (Å²) in [4.78, 5) is 25.1. The van der Waals surface area contributed by atoms with Gasteiger partial charge in [-0.2, -0.15) is 0 Å². The summed E-state index contributed by atoms with van der Waals surface area (Å²) in [6.45, 7) is 0. The van der Waals surface area contributed by atoms with Crippen LogP contribution in [0.1, 0.15) is 0 Å². The first-order chi connectivity index (χ1) is 59.3. The van der Waals surface area contributed by atoms with Gasteiger partial charge in [0.25, 0.3) is 0 Å². The second-order valence-electron chi connectivity index (χ2n) is 24.9. The Labute approximate surface area is 691 Å². The van der Waals surface area contributed by atoms with Gasteiger partial charge in [-0.3, -0.25) is 29.9 Å². The van der Waals surface area contributed by atoms with Gasteiger partial charge in [-0.1, -0.05) is 36.4 Å². The Morgan fingerprint density at radius 1 is 0.118 bits per heavy atom. The molecule has 0 saturated heterocycles. The Balaban J connectivity index is 0.000000204. The first-order valence-electron chi connectivity index (χ1n) is 33.2. The number of aromatic nitrogens is 6. The molecule has 14 rings (SSSR count). The molecule has 49 heteroatoms. The summed E-state index contributed by atoms with van der Waals surface area (Å²) >= 11 is 0. The van der Waals surface area contributed by atoms with Crippen molar-refractivity contribution in [1.82, 2.24) is 29.9 Å². The summed E-state index contributed by atoms with van der Waals surface area (Å²) < 4.78 is 588. The first-order valence-corrected chi connectivity index (χ1v) is 33.2. The van der Waals surface area contributed by atoms with Gasteiger partial charge in [-0.15, -0.1) is 43.7 Å². The Bertz CT molecular complexity index is 5240. The first kappa shape index (κ1) is 97.4. The summed E-state index contributed by atoms with van der Waals surface area (Å²) in [6.07, 6.45) is -3.83. The minimum atomic E-state index is -7.22. The van der Waals surface area contributed by atoms with E-state index in [1.54, 1.807) is 37.2 Å². The van der Waals surface area contributed by atoms with Gasteiger partial charge < -0.3 is 0 Å². The predicted molar refractivity (Wildman–Crippen MR) is 361 cm³/mol. The third kappa shape index (κ3) is 16.8. The molecule has 6 aromatic heterocycles. The third-order valence-corrected chi connectivity index (χ3v) is 18.2. The van der Waals surface area contributed by atoms with Crippen LogP contribution in [0, 0.1) is 233 Å². The second kappa shape index (κ2) is 38.6. The molecule has 0 aliphatic rings. The van der Waals surface area contributed by atoms with Crippen LogP contribution in [0.4, 0.5) is 176 Å². The summed E-state index contributed by atoms with van der Waals surface area (Å²) in [7, 11) is 0. The molecule has 0 fully saturated rings. The average Bonchev–Trinajstić information content (AvgIpc) is 0.684. The number of benzene rings is 8. The molecule has 0 amide bonds. The van der Waals surface area contributed by atoms with Gasteiger partial charge in [0.1, 0.15) is 105 Å². The fourth-order valence-electron chi connectivity index (χ4n) is 12.8. The number of rotatable bonds is 11. The van der Waals surface area contributed by atoms with Crippen molar-refractivity contribution >= 4 is 56.0 Å². The van der Waals surface area contributed by atoms with E-state index in [2.05, 4.69) is 29.9 Å². The van der Waals surface area contributed by atoms with Gasteiger partial charge in [0.2, 0.25) is 0 Å². The quantitative estimate of drug-likeness (QED) is 0.0556. The predicted octanol–water partition coefficient (Wildman–Crippen LogP) is 18.1. The van der Waals surface area contributed by atoms with Gasteiger partial charge in [-0.05, 0) is 72.8 Å². The summed E-state index contributed by atoms with van der Waals surface area (Å²) in [5.41, 5.74) is -23.2. The van der Waals surface area contributed by atoms with Crippen LogP contribution >= 0.6 is 0 Å². The number of pyridine rings is 6. The third-order valence-electron chi connectivity index (χ3n) is 18.2. The molecule has 0 bridgehead atoms. The zero-order valence-corrected chi connectivity index (χ0v) is 61.9. The zero-order valence-electron chi connectivity index (χ0n) is 60.2. The van der Waals surface area contributed by atoms with Crippen LogP contribution in [0.5, 0.6) is 0 Å². The molecule has 6 heterocycles. The van der Waals surface area contributed by atoms with E-state index in [0.29, 0.717) is 0 Å². The average molecular weight is 1930 g/mol. The Morgan fingerprint density at radius 3 is 0.268 bits per heavy atom. The molecular formula is C78H24B2F40N6Ru. The van der Waals surface area contributed by atoms with Crippen molar-refractivity contribution in [3.05, 3.63) is 379 Å². The van der Waals surface area contributed by atoms with Gasteiger partial charge in [0.05, 0.1) is 34.2 Å². The molecule has 14 aromatic rings. The molecule has 0 aliphatic heterocycles. The molecule has 0 spiro atoms. The van der Waals surface area contributed by atoms with Crippen molar-refractivity contribution in [2.24, 2.45) is 0 Å². The second-order valence-corrected chi connectivity index (χ2v) is 24.9. The minimum Gasteiger partial charge on any atom is -0.255 e. The van der Waals surface area contributed by atoms with Gasteiger partial charge in [0.15, 0.2) is 140 Å². The molecule has 8 aromatic carbocycles. The molecular weight excluding hydrogens is 1900 g/mol. The molecule has 0 saturated carbocycles. The summed E-state index contributed by atoms with van der Waals surface area (Å²) in [6, 6.07) is 34.8. The van der Waals surface area contributed by atoms with Gasteiger partial charge in [0, 0.05) is 37.2 Å². The summed E-state index contributed by atoms with van der Waals surface area (Å²) in [5, 5.41) is 0. The maximum absolute atomic E-state index is 15.4. The van der Waals surface area contributed by atoms with E-state index in [9.17, 15) is 105 Å². The van der Waals surface area contributed by atoms with Gasteiger partial charge >= 0.3 is 19.5 Å². The standard InChI is InChI=1S/2C24BF20.3C10H8N2.Ru/c2*26-5-1(6(27)14(35)21(42)13(5)34)25(2-7(28)15(36)22(43)16(37)8(2)29,3-9(30)17(38)23(44)18(39)10(3)31)4-11(32)19(40)24(45)20(41)12(4)33;3*1-3-7-11-9(5-1)10-6-2-4-8-12-10;/h;;3*1-8H;/q2*-1;;;;+2. The van der Waals surface area contributed by atoms with Crippen LogP contribution in [0.3, 0.4) is 0 Å². The fourth-order valence-corrected chi connectivity index (χ4v) is 12.8. The smallest absolute Gasteiger partial charge is 0.255 e. The SMILES string of the molecule is Fc1c(F)c(F)c([B-](c2c(F)c(F)c(F)c(F)c2F)(c2c(F)c(F)c(F)c(F)c2F)c2c(F)c(F)c(F)c(F)c2F)c(F)c1F.Fc1c(F)c(F)c([B-](c2c(F)c(F)c(F)c(F)c2F)(c2c(F)c(F)c(F)c(F)c2F)c2c(F)c(F)c(F)c(F)c2F)c(F)c1F.[Ru+2].c1ccc(-c2ccccn2)nc1.c1ccc(-c2ccccn2)nc1.c1ccc(-c2ccccn2)nc1. The Kier molecular flexibility index (Phi) is 29.6. The fraction of sp³-hybridized carbons (Fsp3) is 0. The molecule has 0 aliphatic carbocycles. The van der Waals surface area contributed by atoms with E-state index in [1.165, 1.54) is 0 Å². The van der Waals surface area contributed by atoms with Crippen molar-refractivity contribution in [3.8, 4) is 34.2 Å². The monoisotopic (exact) mass is 1930 g/mol.